The molecule has 3 unspecified atom stereocenters. The minimum atomic E-state index is -3.07. The van der Waals surface area contributed by atoms with E-state index in [0.717, 1.165) is 0 Å². The van der Waals surface area contributed by atoms with E-state index in [2.05, 4.69) is 10.4 Å². The number of aromatic nitrogens is 2. The fraction of sp³-hybridized carbons (Fsp3) is 0.667. The van der Waals surface area contributed by atoms with Gasteiger partial charge in [-0.15, -0.1) is 0 Å². The molecule has 0 bridgehead atoms. The largest absolute Gasteiger partial charge is 0.481 e. The number of aryl methyl sites for hydroxylation is 1. The van der Waals surface area contributed by atoms with Crippen molar-refractivity contribution in [3.63, 3.8) is 0 Å². The molecule has 0 aromatic carbocycles. The highest BCUT2D eigenvalue weighted by Crippen LogP contribution is 2.58. The zero-order chi connectivity index (χ0) is 17.9. The summed E-state index contributed by atoms with van der Waals surface area (Å²) in [5.74, 6) is -2.12. The van der Waals surface area contributed by atoms with Crippen molar-refractivity contribution in [3.05, 3.63) is 11.8 Å². The number of carboxylic acid groups (broad SMARTS) is 1. The number of rotatable bonds is 4. The first-order valence-corrected chi connectivity index (χ1v) is 9.65. The summed E-state index contributed by atoms with van der Waals surface area (Å²) in [7, 11) is -3.07. The molecule has 3 rings (SSSR count). The van der Waals surface area contributed by atoms with E-state index in [4.69, 9.17) is 0 Å². The van der Waals surface area contributed by atoms with E-state index in [1.54, 1.807) is 31.5 Å². The maximum absolute atomic E-state index is 12.5. The van der Waals surface area contributed by atoms with Crippen molar-refractivity contribution in [1.82, 2.24) is 9.78 Å². The lowest BCUT2D eigenvalue weighted by Crippen LogP contribution is -2.22. The molecule has 0 spiro atoms. The molecule has 3 atom stereocenters. The van der Waals surface area contributed by atoms with Crippen LogP contribution in [0, 0.1) is 24.2 Å². The van der Waals surface area contributed by atoms with Crippen molar-refractivity contribution in [2.75, 3.05) is 16.8 Å². The van der Waals surface area contributed by atoms with Crippen LogP contribution in [0.15, 0.2) is 6.07 Å². The smallest absolute Gasteiger partial charge is 0.307 e. The predicted molar refractivity (Wildman–Crippen MR) is 86.3 cm³/mol. The molecule has 24 heavy (non-hydrogen) atoms. The molecule has 2 aliphatic rings. The van der Waals surface area contributed by atoms with E-state index in [-0.39, 0.29) is 23.5 Å². The molecule has 1 aliphatic carbocycles. The third-order valence-electron chi connectivity index (χ3n) is 5.04. The summed E-state index contributed by atoms with van der Waals surface area (Å²) in [6.07, 6.45) is 0.457. The number of hydrogen-bond acceptors (Lipinski definition) is 5. The number of nitrogens with one attached hydrogen (secondary N) is 1. The Bertz CT molecular complexity index is 811. The molecule has 9 heteroatoms. The molecule has 1 amide bonds. The third-order valence-corrected chi connectivity index (χ3v) is 6.79. The molecule has 8 nitrogen and oxygen atoms in total. The highest BCUT2D eigenvalue weighted by atomic mass is 32.2. The Morgan fingerprint density at radius 2 is 2.04 bits per heavy atom. The number of aliphatic carboxylic acids is 1. The van der Waals surface area contributed by atoms with E-state index < -0.39 is 33.1 Å². The van der Waals surface area contributed by atoms with E-state index in [0.29, 0.717) is 17.9 Å². The first-order valence-electron chi connectivity index (χ1n) is 7.83. The minimum Gasteiger partial charge on any atom is -0.481 e. The first-order chi connectivity index (χ1) is 11.0. The lowest BCUT2D eigenvalue weighted by Gasteiger charge is -2.14. The third kappa shape index (κ3) is 2.81. The summed E-state index contributed by atoms with van der Waals surface area (Å²) in [6.45, 7) is 5.26. The quantitative estimate of drug-likeness (QED) is 0.826. The summed E-state index contributed by atoms with van der Waals surface area (Å²) < 4.78 is 24.9. The Morgan fingerprint density at radius 3 is 2.54 bits per heavy atom. The molecule has 2 N–H and O–H groups in total. The van der Waals surface area contributed by atoms with Gasteiger partial charge in [-0.2, -0.15) is 5.10 Å². The fourth-order valence-electron chi connectivity index (χ4n) is 3.65. The van der Waals surface area contributed by atoms with E-state index in [1.807, 2.05) is 0 Å². The Balaban J connectivity index is 1.79. The van der Waals surface area contributed by atoms with Crippen LogP contribution in [-0.4, -0.2) is 46.7 Å². The average Bonchev–Trinajstić information content (AvgIpc) is 2.70. The van der Waals surface area contributed by atoms with Crippen LogP contribution in [0.2, 0.25) is 0 Å². The van der Waals surface area contributed by atoms with Gasteiger partial charge in [-0.25, -0.2) is 13.1 Å². The van der Waals surface area contributed by atoms with E-state index in [1.165, 1.54) is 0 Å². The predicted octanol–water partition coefficient (Wildman–Crippen LogP) is 0.846. The van der Waals surface area contributed by atoms with Crippen LogP contribution in [0.5, 0.6) is 0 Å². The number of nitrogens with zero attached hydrogens (tertiary/aromatic N) is 2. The lowest BCUT2D eigenvalue weighted by atomic mass is 10.1. The number of hydrogen-bond donors (Lipinski definition) is 2. The zero-order valence-corrected chi connectivity index (χ0v) is 14.6. The molecule has 0 radical (unpaired) electrons. The molecular formula is C15H21N3O5S. The van der Waals surface area contributed by atoms with Gasteiger partial charge in [0.1, 0.15) is 5.82 Å². The van der Waals surface area contributed by atoms with Gasteiger partial charge < -0.3 is 10.4 Å². The van der Waals surface area contributed by atoms with Gasteiger partial charge in [0.25, 0.3) is 0 Å². The van der Waals surface area contributed by atoms with Gasteiger partial charge in [0.2, 0.25) is 5.91 Å². The van der Waals surface area contributed by atoms with Crippen LogP contribution in [0.1, 0.15) is 32.0 Å². The van der Waals surface area contributed by atoms with Gasteiger partial charge in [0, 0.05) is 6.07 Å². The Kier molecular flexibility index (Phi) is 3.74. The molecule has 1 saturated heterocycles. The van der Waals surface area contributed by atoms with Crippen LogP contribution in [0.4, 0.5) is 5.82 Å². The standard InChI is InChI=1S/C15H21N3O5S/c1-8-6-10(18(17-8)9-4-5-24(22,23)7-9)16-13(19)11-12(14(20)21)15(11,2)3/h6,9,11-12H,4-5,7H2,1-3H3,(H,16,19)(H,20,21). The van der Waals surface area contributed by atoms with Crippen molar-refractivity contribution in [3.8, 4) is 0 Å². The van der Waals surface area contributed by atoms with Gasteiger partial charge >= 0.3 is 5.97 Å². The lowest BCUT2D eigenvalue weighted by molar-refractivity contribution is -0.140. The fourth-order valence-corrected chi connectivity index (χ4v) is 5.34. The number of carbonyl (C=O) groups is 2. The maximum atomic E-state index is 12.5. The second kappa shape index (κ2) is 5.30. The molecule has 1 aromatic rings. The van der Waals surface area contributed by atoms with Crippen molar-refractivity contribution >= 4 is 27.5 Å². The number of anilines is 1. The Morgan fingerprint density at radius 1 is 1.38 bits per heavy atom. The van der Waals surface area contributed by atoms with Crippen LogP contribution in [-0.2, 0) is 19.4 Å². The Hall–Kier alpha value is -1.90. The average molecular weight is 355 g/mol. The minimum absolute atomic E-state index is 0.00363. The molecule has 1 aromatic heterocycles. The van der Waals surface area contributed by atoms with Gasteiger partial charge in [-0.1, -0.05) is 13.8 Å². The normalized spacial score (nSPS) is 30.0. The number of amides is 1. The molecule has 2 fully saturated rings. The topological polar surface area (TPSA) is 118 Å². The number of sulfone groups is 1. The Labute approximate surface area is 140 Å². The summed E-state index contributed by atoms with van der Waals surface area (Å²) in [5, 5.41) is 16.2. The summed E-state index contributed by atoms with van der Waals surface area (Å²) >= 11 is 0. The van der Waals surface area contributed by atoms with Gasteiger partial charge in [0.15, 0.2) is 9.84 Å². The summed E-state index contributed by atoms with van der Waals surface area (Å²) in [4.78, 5) is 23.7. The number of carbonyl (C=O) groups excluding carboxylic acids is 1. The SMILES string of the molecule is Cc1cc(NC(=O)C2C(C(=O)O)C2(C)C)n(C2CCS(=O)(=O)C2)n1. The van der Waals surface area contributed by atoms with Gasteiger partial charge in [-0.3, -0.25) is 9.59 Å². The van der Waals surface area contributed by atoms with Crippen molar-refractivity contribution < 1.29 is 23.1 Å². The summed E-state index contributed by atoms with van der Waals surface area (Å²) in [6, 6.07) is 1.37. The maximum Gasteiger partial charge on any atom is 0.307 e. The van der Waals surface area contributed by atoms with Crippen LogP contribution in [0.25, 0.3) is 0 Å². The van der Waals surface area contributed by atoms with Crippen LogP contribution < -0.4 is 5.32 Å². The van der Waals surface area contributed by atoms with E-state index in [9.17, 15) is 23.1 Å². The monoisotopic (exact) mass is 355 g/mol. The molecule has 1 aliphatic heterocycles. The van der Waals surface area contributed by atoms with Gasteiger partial charge in [-0.05, 0) is 18.8 Å². The van der Waals surface area contributed by atoms with E-state index >= 15 is 0 Å². The summed E-state index contributed by atoms with van der Waals surface area (Å²) in [5.41, 5.74) is 0.0754. The second-order valence-corrected chi connectivity index (χ2v) is 9.51. The number of carboxylic acids is 1. The van der Waals surface area contributed by atoms with Crippen molar-refractivity contribution in [1.29, 1.82) is 0 Å². The first kappa shape index (κ1) is 16.9. The van der Waals surface area contributed by atoms with Crippen LogP contribution >= 0.6 is 0 Å². The second-order valence-electron chi connectivity index (χ2n) is 7.28. The molecule has 2 heterocycles. The highest BCUT2D eigenvalue weighted by Gasteiger charge is 2.66. The molecular weight excluding hydrogens is 334 g/mol. The van der Waals surface area contributed by atoms with Crippen LogP contribution in [0.3, 0.4) is 0 Å². The van der Waals surface area contributed by atoms with Crippen molar-refractivity contribution in [2.24, 2.45) is 17.3 Å². The van der Waals surface area contributed by atoms with Crippen molar-refractivity contribution in [2.45, 2.75) is 33.2 Å². The van der Waals surface area contributed by atoms with Gasteiger partial charge in [0.05, 0.1) is 35.1 Å². The molecule has 1 saturated carbocycles. The highest BCUT2D eigenvalue weighted by molar-refractivity contribution is 7.91. The molecule has 132 valence electrons. The zero-order valence-electron chi connectivity index (χ0n) is 13.8.